The van der Waals surface area contributed by atoms with Gasteiger partial charge in [0.1, 0.15) is 0 Å². The van der Waals surface area contributed by atoms with Crippen LogP contribution >= 0.6 is 0 Å². The molecule has 0 bridgehead atoms. The Hall–Kier alpha value is -2.07. The molecule has 0 saturated carbocycles. The maximum absolute atomic E-state index is 4.83. The first-order valence-electron chi connectivity index (χ1n) is 8.12. The van der Waals surface area contributed by atoms with Gasteiger partial charge in [0.05, 0.1) is 0 Å². The molecule has 4 rings (SSSR count). The Morgan fingerprint density at radius 2 is 2.04 bits per heavy atom. The molecule has 2 unspecified atom stereocenters. The second-order valence-corrected chi connectivity index (χ2v) is 7.26. The molecule has 4 heterocycles. The van der Waals surface area contributed by atoms with Crippen molar-refractivity contribution in [2.45, 2.75) is 25.7 Å². The van der Waals surface area contributed by atoms with Gasteiger partial charge in [0, 0.05) is 0 Å². The molecule has 0 spiro atoms. The zero-order chi connectivity index (χ0) is 16.5. The molecule has 24 heavy (non-hydrogen) atoms. The molecular formula is C17H19AsN6. The van der Waals surface area contributed by atoms with Crippen LogP contribution in [-0.4, -0.2) is 54.9 Å². The van der Waals surface area contributed by atoms with Crippen molar-refractivity contribution in [2.75, 3.05) is 18.0 Å². The van der Waals surface area contributed by atoms with Gasteiger partial charge < -0.3 is 0 Å². The number of rotatable bonds is 2. The normalized spacial score (nSPS) is 18.1. The molecule has 1 fully saturated rings. The van der Waals surface area contributed by atoms with Gasteiger partial charge in [-0.25, -0.2) is 0 Å². The van der Waals surface area contributed by atoms with E-state index in [4.69, 9.17) is 4.98 Å². The standard InChI is InChI=1S/C17H19AsN6/c1-11-19-7-6-13(22-11)12-3-2-8-24(9-12)15-5-4-14-16(23-15)17(18)21-10-20-14/h4-7,10,12H,2-3,8-9,18H2,1H3. The van der Waals surface area contributed by atoms with Crippen molar-refractivity contribution in [3.63, 3.8) is 0 Å². The average molecular weight is 382 g/mol. The fourth-order valence-electron chi connectivity index (χ4n) is 3.25. The van der Waals surface area contributed by atoms with E-state index in [9.17, 15) is 0 Å². The van der Waals surface area contributed by atoms with Crippen LogP contribution < -0.4 is 9.38 Å². The fourth-order valence-corrected chi connectivity index (χ4v) is 3.84. The van der Waals surface area contributed by atoms with Crippen molar-refractivity contribution in [3.05, 3.63) is 42.2 Å². The van der Waals surface area contributed by atoms with Gasteiger partial charge in [0.25, 0.3) is 0 Å². The van der Waals surface area contributed by atoms with E-state index in [-0.39, 0.29) is 0 Å². The number of hydrogen-bond donors (Lipinski definition) is 0. The van der Waals surface area contributed by atoms with E-state index in [1.807, 2.05) is 25.3 Å². The van der Waals surface area contributed by atoms with Crippen LogP contribution in [-0.2, 0) is 0 Å². The van der Waals surface area contributed by atoms with Gasteiger partial charge in [-0.15, -0.1) is 0 Å². The van der Waals surface area contributed by atoms with Gasteiger partial charge in [-0.1, -0.05) is 0 Å². The number of hydrogen-bond acceptors (Lipinski definition) is 6. The topological polar surface area (TPSA) is 67.7 Å². The molecule has 1 aliphatic rings. The third-order valence-electron chi connectivity index (χ3n) is 4.46. The summed E-state index contributed by atoms with van der Waals surface area (Å²) in [7, 11) is 0. The average Bonchev–Trinajstić information content (AvgIpc) is 2.62. The van der Waals surface area contributed by atoms with E-state index in [0.29, 0.717) is 5.92 Å². The molecule has 0 N–H and O–H groups in total. The van der Waals surface area contributed by atoms with E-state index in [2.05, 4.69) is 30.9 Å². The summed E-state index contributed by atoms with van der Waals surface area (Å²) < 4.78 is 0.981. The van der Waals surface area contributed by atoms with Crippen LogP contribution in [0, 0.1) is 6.92 Å². The molecule has 0 radical (unpaired) electrons. The zero-order valence-corrected chi connectivity index (χ0v) is 16.0. The number of aryl methyl sites for hydroxylation is 1. The Labute approximate surface area is 149 Å². The molecule has 1 aliphatic heterocycles. The van der Waals surface area contributed by atoms with E-state index >= 15 is 0 Å². The van der Waals surface area contributed by atoms with Gasteiger partial charge in [-0.2, -0.15) is 0 Å². The molecule has 3 aromatic heterocycles. The first-order valence-corrected chi connectivity index (χ1v) is 9.33. The number of pyridine rings is 1. The summed E-state index contributed by atoms with van der Waals surface area (Å²) in [5.74, 6) is 2.27. The van der Waals surface area contributed by atoms with Gasteiger partial charge in [0.15, 0.2) is 0 Å². The van der Waals surface area contributed by atoms with Gasteiger partial charge in [0.2, 0.25) is 0 Å². The quantitative estimate of drug-likeness (QED) is 0.610. The van der Waals surface area contributed by atoms with E-state index in [1.54, 1.807) is 6.33 Å². The molecule has 122 valence electrons. The fraction of sp³-hybridized carbons (Fsp3) is 0.353. The van der Waals surface area contributed by atoms with Crippen LogP contribution in [0.4, 0.5) is 5.82 Å². The van der Waals surface area contributed by atoms with Crippen molar-refractivity contribution < 1.29 is 0 Å². The number of piperidine rings is 1. The molecule has 7 heteroatoms. The van der Waals surface area contributed by atoms with E-state index in [0.717, 1.165) is 58.8 Å². The maximum atomic E-state index is 4.83. The van der Waals surface area contributed by atoms with Crippen LogP contribution in [0.15, 0.2) is 30.7 Å². The molecular weight excluding hydrogens is 363 g/mol. The molecule has 2 atom stereocenters. The SMILES string of the molecule is Cc1nccc(C2CCCN(c3ccc4ncnc([AsH2])c4n3)C2)n1. The third kappa shape index (κ3) is 2.98. The Morgan fingerprint density at radius 1 is 1.12 bits per heavy atom. The Balaban J connectivity index is 1.63. The number of fused-ring (bicyclic) bond motifs is 1. The summed E-state index contributed by atoms with van der Waals surface area (Å²) in [5.41, 5.74) is 2.96. The summed E-state index contributed by atoms with van der Waals surface area (Å²) in [5, 5.41) is 0. The summed E-state index contributed by atoms with van der Waals surface area (Å²) >= 11 is 1.48. The molecule has 3 aromatic rings. The Bertz CT molecular complexity index is 884. The predicted octanol–water partition coefficient (Wildman–Crippen LogP) is 0.766. The number of anilines is 1. The molecule has 0 aromatic carbocycles. The van der Waals surface area contributed by atoms with Crippen molar-refractivity contribution in [2.24, 2.45) is 0 Å². The van der Waals surface area contributed by atoms with Crippen LogP contribution in [0.25, 0.3) is 11.0 Å². The minimum atomic E-state index is 0.426. The summed E-state index contributed by atoms with van der Waals surface area (Å²) in [4.78, 5) is 24.6. The van der Waals surface area contributed by atoms with E-state index in [1.165, 1.54) is 16.9 Å². The van der Waals surface area contributed by atoms with Gasteiger partial charge in [-0.05, 0) is 0 Å². The Morgan fingerprint density at radius 3 is 2.92 bits per heavy atom. The monoisotopic (exact) mass is 382 g/mol. The van der Waals surface area contributed by atoms with Crippen LogP contribution in [0.3, 0.4) is 0 Å². The molecule has 6 nitrogen and oxygen atoms in total. The zero-order valence-electron chi connectivity index (χ0n) is 13.6. The Kier molecular flexibility index (Phi) is 4.15. The minimum absolute atomic E-state index is 0.426. The first-order chi connectivity index (χ1) is 11.7. The number of aromatic nitrogens is 5. The molecule has 0 amide bonds. The molecule has 1 saturated heterocycles. The predicted molar refractivity (Wildman–Crippen MR) is 96.5 cm³/mol. The summed E-state index contributed by atoms with van der Waals surface area (Å²) in [6, 6.07) is 6.14. The molecule has 0 aliphatic carbocycles. The van der Waals surface area contributed by atoms with Crippen molar-refractivity contribution in [1.82, 2.24) is 24.9 Å². The van der Waals surface area contributed by atoms with Gasteiger partial charge in [-0.3, -0.25) is 0 Å². The van der Waals surface area contributed by atoms with Crippen molar-refractivity contribution in [3.8, 4) is 0 Å². The second-order valence-electron chi connectivity index (χ2n) is 6.11. The van der Waals surface area contributed by atoms with Crippen molar-refractivity contribution in [1.29, 1.82) is 0 Å². The van der Waals surface area contributed by atoms with Gasteiger partial charge >= 0.3 is 149 Å². The van der Waals surface area contributed by atoms with Crippen LogP contribution in [0.5, 0.6) is 0 Å². The summed E-state index contributed by atoms with van der Waals surface area (Å²) in [6.07, 6.45) is 5.76. The van der Waals surface area contributed by atoms with E-state index < -0.39 is 0 Å². The first kappa shape index (κ1) is 15.5. The van der Waals surface area contributed by atoms with Crippen LogP contribution in [0.2, 0.25) is 0 Å². The van der Waals surface area contributed by atoms with Crippen LogP contribution in [0.1, 0.15) is 30.3 Å². The second kappa shape index (κ2) is 6.44. The number of nitrogens with zero attached hydrogens (tertiary/aromatic N) is 6. The van der Waals surface area contributed by atoms with Crippen molar-refractivity contribution >= 4 is 38.2 Å². The third-order valence-corrected chi connectivity index (χ3v) is 5.34. The summed E-state index contributed by atoms with van der Waals surface area (Å²) in [6.45, 7) is 3.91.